The molecule has 1 rings (SSSR count). The van der Waals surface area contributed by atoms with Crippen molar-refractivity contribution in [1.29, 1.82) is 0 Å². The number of carbonyl (C=O) groups excluding carboxylic acids is 1. The van der Waals surface area contributed by atoms with Gasteiger partial charge in [-0.05, 0) is 6.08 Å². The lowest BCUT2D eigenvalue weighted by atomic mass is 9.98. The van der Waals surface area contributed by atoms with E-state index in [4.69, 9.17) is 28.4 Å². The fourth-order valence-electron chi connectivity index (χ4n) is 2.48. The topological polar surface area (TPSA) is 72.5 Å². The lowest BCUT2D eigenvalue weighted by Gasteiger charge is -2.44. The molecule has 0 aromatic carbocycles. The quantitative estimate of drug-likeness (QED) is 0.430. The summed E-state index contributed by atoms with van der Waals surface area (Å²) in [5.74, 6) is -0.0585. The first-order valence-electron chi connectivity index (χ1n) is 7.12. The zero-order valence-electron chi connectivity index (χ0n) is 13.7. The summed E-state index contributed by atoms with van der Waals surface area (Å²) in [5, 5.41) is 0. The van der Waals surface area contributed by atoms with Gasteiger partial charge >= 0.3 is 0 Å². The van der Waals surface area contributed by atoms with Gasteiger partial charge in [-0.15, -0.1) is 0 Å². The Morgan fingerprint density at radius 2 is 1.68 bits per heavy atom. The highest BCUT2D eigenvalue weighted by molar-refractivity contribution is 5.89. The fraction of sp³-hybridized carbons (Fsp3) is 0.800. The first-order chi connectivity index (χ1) is 10.6. The molecule has 7 nitrogen and oxygen atoms in total. The van der Waals surface area contributed by atoms with Gasteiger partial charge in [0.2, 0.25) is 0 Å². The highest BCUT2D eigenvalue weighted by Gasteiger charge is 2.47. The minimum atomic E-state index is -0.579. The molecule has 0 aromatic rings. The first kappa shape index (κ1) is 19.2. The van der Waals surface area contributed by atoms with E-state index < -0.39 is 12.4 Å². The van der Waals surface area contributed by atoms with Crippen molar-refractivity contribution in [2.45, 2.75) is 37.1 Å². The predicted molar refractivity (Wildman–Crippen MR) is 78.7 cm³/mol. The maximum atomic E-state index is 11.2. The van der Waals surface area contributed by atoms with Crippen LogP contribution in [-0.2, 0) is 33.2 Å². The monoisotopic (exact) mass is 318 g/mol. The van der Waals surface area contributed by atoms with Crippen molar-refractivity contribution >= 4 is 5.78 Å². The lowest BCUT2D eigenvalue weighted by molar-refractivity contribution is -0.308. The molecule has 0 radical (unpaired) electrons. The van der Waals surface area contributed by atoms with Gasteiger partial charge in [0.1, 0.15) is 24.4 Å². The van der Waals surface area contributed by atoms with Crippen molar-refractivity contribution in [3.8, 4) is 0 Å². The van der Waals surface area contributed by atoms with Crippen LogP contribution in [0.5, 0.6) is 0 Å². The van der Waals surface area contributed by atoms with Gasteiger partial charge in [0.05, 0.1) is 13.2 Å². The fourth-order valence-corrected chi connectivity index (χ4v) is 2.48. The van der Waals surface area contributed by atoms with E-state index in [-0.39, 0.29) is 37.1 Å². The third kappa shape index (κ3) is 4.84. The average molecular weight is 318 g/mol. The summed E-state index contributed by atoms with van der Waals surface area (Å²) in [6.45, 7) is 3.98. The summed E-state index contributed by atoms with van der Waals surface area (Å²) < 4.78 is 33.0. The van der Waals surface area contributed by atoms with Crippen molar-refractivity contribution in [1.82, 2.24) is 0 Å². The number of carbonyl (C=O) groups is 1. The van der Waals surface area contributed by atoms with Crippen molar-refractivity contribution in [2.75, 3.05) is 41.7 Å². The summed E-state index contributed by atoms with van der Waals surface area (Å²) in [6.07, 6.45) is -0.513. The number of methoxy groups -OCH3 is 4. The smallest absolute Gasteiger partial charge is 0.186 e. The van der Waals surface area contributed by atoms with Gasteiger partial charge < -0.3 is 28.4 Å². The molecule has 0 unspecified atom stereocenters. The van der Waals surface area contributed by atoms with E-state index in [2.05, 4.69) is 6.58 Å². The maximum Gasteiger partial charge on any atom is 0.186 e. The second-order valence-electron chi connectivity index (χ2n) is 4.87. The molecule has 0 N–H and O–H groups in total. The molecule has 1 saturated heterocycles. The molecule has 22 heavy (non-hydrogen) atoms. The number of allylic oxidation sites excluding steroid dienone is 1. The highest BCUT2D eigenvalue weighted by atomic mass is 16.7. The van der Waals surface area contributed by atoms with E-state index in [9.17, 15) is 4.79 Å². The van der Waals surface area contributed by atoms with E-state index in [0.717, 1.165) is 0 Å². The van der Waals surface area contributed by atoms with Crippen molar-refractivity contribution in [3.05, 3.63) is 12.7 Å². The number of hydrogen-bond acceptors (Lipinski definition) is 7. The standard InChI is InChI=1S/C15H26O7/c1-6-10(16)7-8-21-9-11-12(17-2)13(18-3)14(19-4)15(20-5)22-11/h6,11-15H,1,7-9H2,2-5H3/t11-,12-,13+,14-,15+/m1/s1. The zero-order chi connectivity index (χ0) is 16.5. The molecule has 1 aliphatic rings. The summed E-state index contributed by atoms with van der Waals surface area (Å²) >= 11 is 0. The summed E-state index contributed by atoms with van der Waals surface area (Å²) in [4.78, 5) is 11.2. The van der Waals surface area contributed by atoms with Crippen LogP contribution in [0, 0.1) is 0 Å². The van der Waals surface area contributed by atoms with Crippen LogP contribution in [-0.4, -0.2) is 78.1 Å². The third-order valence-corrected chi connectivity index (χ3v) is 3.64. The Bertz CT molecular complexity index is 347. The molecular weight excluding hydrogens is 292 g/mol. The molecule has 1 fully saturated rings. The zero-order valence-corrected chi connectivity index (χ0v) is 13.7. The predicted octanol–water partition coefficient (Wildman–Crippen LogP) is 0.565. The Morgan fingerprint density at radius 3 is 2.18 bits per heavy atom. The van der Waals surface area contributed by atoms with E-state index in [0.29, 0.717) is 6.61 Å². The number of ketones is 1. The van der Waals surface area contributed by atoms with Gasteiger partial charge in [-0.3, -0.25) is 4.79 Å². The Kier molecular flexibility index (Phi) is 8.77. The van der Waals surface area contributed by atoms with E-state index in [1.165, 1.54) is 13.2 Å². The van der Waals surface area contributed by atoms with Gasteiger partial charge in [-0.25, -0.2) is 0 Å². The molecule has 0 saturated carbocycles. The van der Waals surface area contributed by atoms with Crippen molar-refractivity contribution in [2.24, 2.45) is 0 Å². The molecule has 0 spiro atoms. The Hall–Kier alpha value is -0.830. The second-order valence-corrected chi connectivity index (χ2v) is 4.87. The van der Waals surface area contributed by atoms with Crippen LogP contribution >= 0.6 is 0 Å². The molecule has 0 aliphatic carbocycles. The SMILES string of the molecule is C=CC(=O)CCOC[C@H]1O[C@H](OC)[C@H](OC)[C@@H](OC)[C@@H]1OC. The molecule has 128 valence electrons. The number of rotatable bonds is 10. The van der Waals surface area contributed by atoms with Crippen LogP contribution in [0.25, 0.3) is 0 Å². The van der Waals surface area contributed by atoms with E-state index in [1.54, 1.807) is 21.3 Å². The van der Waals surface area contributed by atoms with E-state index in [1.807, 2.05) is 0 Å². The lowest BCUT2D eigenvalue weighted by Crippen LogP contribution is -2.61. The third-order valence-electron chi connectivity index (χ3n) is 3.64. The summed E-state index contributed by atoms with van der Waals surface area (Å²) in [7, 11) is 6.27. The van der Waals surface area contributed by atoms with Crippen LogP contribution in [0.4, 0.5) is 0 Å². The normalized spacial score (nSPS) is 31.9. The van der Waals surface area contributed by atoms with E-state index >= 15 is 0 Å². The second kappa shape index (κ2) is 10.0. The van der Waals surface area contributed by atoms with Gasteiger partial charge in [0, 0.05) is 34.9 Å². The number of ether oxygens (including phenoxy) is 6. The Labute approximate surface area is 131 Å². The highest BCUT2D eigenvalue weighted by Crippen LogP contribution is 2.27. The minimum absolute atomic E-state index is 0.0585. The molecule has 7 heteroatoms. The maximum absolute atomic E-state index is 11.2. The van der Waals surface area contributed by atoms with Gasteiger partial charge in [-0.2, -0.15) is 0 Å². The van der Waals surface area contributed by atoms with Gasteiger partial charge in [0.25, 0.3) is 0 Å². The average Bonchev–Trinajstić information content (AvgIpc) is 2.56. The Balaban J connectivity index is 2.63. The molecule has 5 atom stereocenters. The summed E-state index contributed by atoms with van der Waals surface area (Å²) in [6, 6.07) is 0. The van der Waals surface area contributed by atoms with Crippen molar-refractivity contribution < 1.29 is 33.2 Å². The van der Waals surface area contributed by atoms with Gasteiger partial charge in [-0.1, -0.05) is 6.58 Å². The summed E-state index contributed by atoms with van der Waals surface area (Å²) in [5.41, 5.74) is 0. The van der Waals surface area contributed by atoms with Crippen LogP contribution in [0.3, 0.4) is 0 Å². The molecule has 1 heterocycles. The first-order valence-corrected chi connectivity index (χ1v) is 7.12. The largest absolute Gasteiger partial charge is 0.378 e. The van der Waals surface area contributed by atoms with Crippen LogP contribution < -0.4 is 0 Å². The molecule has 0 aromatic heterocycles. The number of hydrogen-bond donors (Lipinski definition) is 0. The Morgan fingerprint density at radius 1 is 1.05 bits per heavy atom. The minimum Gasteiger partial charge on any atom is -0.378 e. The van der Waals surface area contributed by atoms with Crippen LogP contribution in [0.1, 0.15) is 6.42 Å². The van der Waals surface area contributed by atoms with Crippen LogP contribution in [0.15, 0.2) is 12.7 Å². The molecule has 0 amide bonds. The molecule has 0 bridgehead atoms. The van der Waals surface area contributed by atoms with Crippen LogP contribution in [0.2, 0.25) is 0 Å². The van der Waals surface area contributed by atoms with Gasteiger partial charge in [0.15, 0.2) is 12.1 Å². The van der Waals surface area contributed by atoms with Crippen molar-refractivity contribution in [3.63, 3.8) is 0 Å². The molecular formula is C15H26O7. The molecule has 1 aliphatic heterocycles.